The van der Waals surface area contributed by atoms with Gasteiger partial charge < -0.3 is 15.8 Å². The maximum Gasteiger partial charge on any atom is 0.359 e. The zero-order chi connectivity index (χ0) is 22.7. The molecule has 2 aromatic heterocycles. The molecule has 3 rings (SSSR count). The predicted octanol–water partition coefficient (Wildman–Crippen LogP) is 2.82. The van der Waals surface area contributed by atoms with Crippen molar-refractivity contribution < 1.29 is 19.1 Å². The first-order valence-electron chi connectivity index (χ1n) is 9.27. The molecular formula is C21H20ClN5O4. The first-order valence-corrected chi connectivity index (χ1v) is 9.65. The average Bonchev–Trinajstić information content (AvgIpc) is 3.06. The van der Waals surface area contributed by atoms with Gasteiger partial charge in [-0.1, -0.05) is 11.6 Å². The van der Waals surface area contributed by atoms with Crippen molar-refractivity contribution in [3.63, 3.8) is 0 Å². The highest BCUT2D eigenvalue weighted by atomic mass is 35.5. The number of aryl methyl sites for hydroxylation is 2. The zero-order valence-electron chi connectivity index (χ0n) is 17.0. The van der Waals surface area contributed by atoms with Crippen molar-refractivity contribution in [3.05, 3.63) is 70.1 Å². The fraction of sp³-hybridized carbons (Fsp3) is 0.190. The number of primary amides is 1. The molecule has 0 bridgehead atoms. The van der Waals surface area contributed by atoms with E-state index in [-0.39, 0.29) is 10.7 Å². The number of halogens is 1. The summed E-state index contributed by atoms with van der Waals surface area (Å²) in [7, 11) is 0. The van der Waals surface area contributed by atoms with Gasteiger partial charge in [0, 0.05) is 16.9 Å². The third-order valence-corrected chi connectivity index (χ3v) is 4.65. The highest BCUT2D eigenvalue weighted by Gasteiger charge is 2.23. The lowest BCUT2D eigenvalue weighted by Gasteiger charge is -2.14. The van der Waals surface area contributed by atoms with E-state index in [4.69, 9.17) is 22.1 Å². The molecule has 3 N–H and O–H groups in total. The van der Waals surface area contributed by atoms with E-state index in [9.17, 15) is 14.4 Å². The third-order valence-electron chi connectivity index (χ3n) is 4.34. The van der Waals surface area contributed by atoms with Crippen molar-refractivity contribution in [3.8, 4) is 5.82 Å². The minimum atomic E-state index is -1.13. The molecule has 0 fully saturated rings. The fourth-order valence-corrected chi connectivity index (χ4v) is 2.97. The van der Waals surface area contributed by atoms with E-state index in [1.807, 2.05) is 19.9 Å². The minimum Gasteiger partial charge on any atom is -0.448 e. The Kier molecular flexibility index (Phi) is 6.36. The van der Waals surface area contributed by atoms with Crippen molar-refractivity contribution in [2.75, 3.05) is 5.32 Å². The molecule has 3 aromatic rings. The maximum absolute atomic E-state index is 12.6. The number of nitrogens with zero attached hydrogens (tertiary/aromatic N) is 3. The topological polar surface area (TPSA) is 129 Å². The summed E-state index contributed by atoms with van der Waals surface area (Å²) >= 11 is 6.13. The number of esters is 1. The van der Waals surface area contributed by atoms with Crippen molar-refractivity contribution in [2.45, 2.75) is 26.9 Å². The second-order valence-corrected chi connectivity index (χ2v) is 7.22. The van der Waals surface area contributed by atoms with Gasteiger partial charge in [0.2, 0.25) is 5.91 Å². The normalized spacial score (nSPS) is 11.6. The number of hydrogen-bond acceptors (Lipinski definition) is 6. The van der Waals surface area contributed by atoms with Gasteiger partial charge in [0.1, 0.15) is 0 Å². The Hall–Kier alpha value is -3.72. The number of hydrogen-bond donors (Lipinski definition) is 2. The molecule has 2 heterocycles. The van der Waals surface area contributed by atoms with Gasteiger partial charge in [-0.3, -0.25) is 9.59 Å². The van der Waals surface area contributed by atoms with Crippen molar-refractivity contribution in [2.24, 2.45) is 5.73 Å². The predicted molar refractivity (Wildman–Crippen MR) is 114 cm³/mol. The fourth-order valence-electron chi connectivity index (χ4n) is 2.79. The third kappa shape index (κ3) is 5.07. The molecule has 1 aromatic carbocycles. The Morgan fingerprint density at radius 2 is 1.81 bits per heavy atom. The van der Waals surface area contributed by atoms with Crippen LogP contribution in [-0.2, 0) is 9.53 Å². The molecule has 31 heavy (non-hydrogen) atoms. The molecule has 0 radical (unpaired) electrons. The van der Waals surface area contributed by atoms with E-state index in [1.165, 1.54) is 37.3 Å². The summed E-state index contributed by atoms with van der Waals surface area (Å²) in [5.41, 5.74) is 7.42. The first-order chi connectivity index (χ1) is 14.7. The van der Waals surface area contributed by atoms with Crippen LogP contribution in [0.3, 0.4) is 0 Å². The van der Waals surface area contributed by atoms with Crippen LogP contribution in [0.1, 0.15) is 39.2 Å². The molecule has 9 nitrogen and oxygen atoms in total. The number of benzene rings is 1. The number of nitrogens with one attached hydrogen (secondary N) is 1. The van der Waals surface area contributed by atoms with E-state index in [0.29, 0.717) is 17.1 Å². The summed E-state index contributed by atoms with van der Waals surface area (Å²) in [5.74, 6) is -1.59. The number of aromatic nitrogens is 3. The quantitative estimate of drug-likeness (QED) is 0.566. The molecule has 1 atom stereocenters. The molecule has 0 aliphatic rings. The summed E-state index contributed by atoms with van der Waals surface area (Å²) in [6, 6.07) is 11.0. The number of rotatable bonds is 6. The number of carbonyl (C=O) groups excluding carboxylic acids is 3. The van der Waals surface area contributed by atoms with Crippen molar-refractivity contribution >= 4 is 35.1 Å². The van der Waals surface area contributed by atoms with Crippen molar-refractivity contribution in [1.82, 2.24) is 14.8 Å². The van der Waals surface area contributed by atoms with E-state index in [0.717, 1.165) is 11.4 Å². The number of nitrogens with two attached hydrogens (primary N) is 1. The van der Waals surface area contributed by atoms with Gasteiger partial charge in [-0.2, -0.15) is 5.10 Å². The van der Waals surface area contributed by atoms with Crippen LogP contribution < -0.4 is 11.1 Å². The van der Waals surface area contributed by atoms with Gasteiger partial charge in [-0.05, 0) is 63.2 Å². The molecule has 0 aliphatic heterocycles. The molecule has 0 spiro atoms. The largest absolute Gasteiger partial charge is 0.448 e. The Bertz CT molecular complexity index is 1160. The number of anilines is 1. The highest BCUT2D eigenvalue weighted by Crippen LogP contribution is 2.19. The van der Waals surface area contributed by atoms with E-state index in [2.05, 4.69) is 15.4 Å². The second kappa shape index (κ2) is 8.97. The Morgan fingerprint density at radius 3 is 2.39 bits per heavy atom. The Balaban J connectivity index is 1.71. The van der Waals surface area contributed by atoms with Crippen LogP contribution >= 0.6 is 11.6 Å². The van der Waals surface area contributed by atoms with E-state index in [1.54, 1.807) is 10.7 Å². The zero-order valence-corrected chi connectivity index (χ0v) is 17.8. The van der Waals surface area contributed by atoms with Gasteiger partial charge in [-0.15, -0.1) is 0 Å². The minimum absolute atomic E-state index is 0.0879. The maximum atomic E-state index is 12.6. The second-order valence-electron chi connectivity index (χ2n) is 6.82. The molecule has 10 heteroatoms. The van der Waals surface area contributed by atoms with E-state index < -0.39 is 23.9 Å². The summed E-state index contributed by atoms with van der Waals surface area (Å²) in [6.45, 7) is 5.12. The van der Waals surface area contributed by atoms with Crippen LogP contribution in [0.4, 0.5) is 5.69 Å². The van der Waals surface area contributed by atoms with Crippen LogP contribution in [0.2, 0.25) is 5.02 Å². The number of ether oxygens (including phenoxy) is 1. The lowest BCUT2D eigenvalue weighted by Crippen LogP contribution is -2.30. The van der Waals surface area contributed by atoms with Crippen LogP contribution in [0.15, 0.2) is 42.5 Å². The molecule has 0 aliphatic carbocycles. The van der Waals surface area contributed by atoms with Crippen LogP contribution in [0.5, 0.6) is 0 Å². The van der Waals surface area contributed by atoms with Crippen LogP contribution in [0.25, 0.3) is 5.82 Å². The summed E-state index contributed by atoms with van der Waals surface area (Å²) < 4.78 is 6.82. The SMILES string of the molecule is Cc1cc(C)n(-c2ccc(Cl)c(C(=O)OC(C)C(=O)Nc3ccc(C(N)=O)cc3)n2)n1. The lowest BCUT2D eigenvalue weighted by molar-refractivity contribution is -0.123. The first kappa shape index (κ1) is 22.0. The van der Waals surface area contributed by atoms with Gasteiger partial charge in [0.25, 0.3) is 5.91 Å². The molecule has 1 unspecified atom stereocenters. The molecule has 0 saturated heterocycles. The van der Waals surface area contributed by atoms with Gasteiger partial charge in [-0.25, -0.2) is 14.5 Å². The average molecular weight is 442 g/mol. The van der Waals surface area contributed by atoms with E-state index >= 15 is 0 Å². The summed E-state index contributed by atoms with van der Waals surface area (Å²) in [5, 5.41) is 7.01. The van der Waals surface area contributed by atoms with Crippen LogP contribution in [-0.4, -0.2) is 38.7 Å². The monoisotopic (exact) mass is 441 g/mol. The van der Waals surface area contributed by atoms with Crippen LogP contribution in [0, 0.1) is 13.8 Å². The Morgan fingerprint density at radius 1 is 1.13 bits per heavy atom. The molecular weight excluding hydrogens is 422 g/mol. The number of amides is 2. The number of pyridine rings is 1. The van der Waals surface area contributed by atoms with Crippen molar-refractivity contribution in [1.29, 1.82) is 0 Å². The Labute approximate surface area is 183 Å². The molecule has 160 valence electrons. The summed E-state index contributed by atoms with van der Waals surface area (Å²) in [6.07, 6.45) is -1.13. The van der Waals surface area contributed by atoms with Gasteiger partial charge >= 0.3 is 5.97 Å². The smallest absolute Gasteiger partial charge is 0.359 e. The molecule has 2 amide bonds. The number of carbonyl (C=O) groups is 3. The lowest BCUT2D eigenvalue weighted by atomic mass is 10.2. The highest BCUT2D eigenvalue weighted by molar-refractivity contribution is 6.33. The van der Waals surface area contributed by atoms with Gasteiger partial charge in [0.15, 0.2) is 17.6 Å². The summed E-state index contributed by atoms with van der Waals surface area (Å²) in [4.78, 5) is 40.3. The van der Waals surface area contributed by atoms with Gasteiger partial charge in [0.05, 0.1) is 10.7 Å². The molecule has 0 saturated carbocycles. The standard InChI is InChI=1S/C21H20ClN5O4/c1-11-10-12(2)27(26-11)17-9-8-16(22)18(25-17)21(30)31-13(3)20(29)24-15-6-4-14(5-7-15)19(23)28/h4-10,13H,1-3H3,(H2,23,28)(H,24,29).